The average molecular weight is 313 g/mol. The van der Waals surface area contributed by atoms with Crippen molar-refractivity contribution in [3.05, 3.63) is 33.8 Å². The summed E-state index contributed by atoms with van der Waals surface area (Å²) in [6, 6.07) is 6.45. The van der Waals surface area contributed by atoms with Crippen molar-refractivity contribution in [1.29, 1.82) is 0 Å². The number of hydrogen-bond acceptors (Lipinski definition) is 2. The minimum absolute atomic E-state index is 0.143. The third-order valence-corrected chi connectivity index (χ3v) is 5.71. The summed E-state index contributed by atoms with van der Waals surface area (Å²) in [5, 5.41) is 1.08. The quantitative estimate of drug-likeness (QED) is 0.912. The van der Waals surface area contributed by atoms with E-state index in [1.54, 1.807) is 6.07 Å². The third-order valence-electron chi connectivity index (χ3n) is 4.97. The molecule has 2 bridgehead atoms. The highest BCUT2D eigenvalue weighted by Gasteiger charge is 2.48. The maximum atomic E-state index is 12.0. The van der Waals surface area contributed by atoms with E-state index in [1.807, 2.05) is 12.1 Å². The highest BCUT2D eigenvalue weighted by Crippen LogP contribution is 2.46. The maximum Gasteiger partial charge on any atom is 0.222 e. The number of nitrogens with zero attached hydrogens (tertiary/aromatic N) is 1. The van der Waals surface area contributed by atoms with Gasteiger partial charge in [-0.1, -0.05) is 29.3 Å². The summed E-state index contributed by atoms with van der Waals surface area (Å²) >= 11 is 12.1. The molecule has 108 valence electrons. The molecule has 2 saturated heterocycles. The molecule has 2 fully saturated rings. The number of hydrogen-bond donors (Lipinski definition) is 1. The van der Waals surface area contributed by atoms with Crippen molar-refractivity contribution >= 4 is 29.1 Å². The van der Waals surface area contributed by atoms with Crippen LogP contribution in [0.3, 0.4) is 0 Å². The molecule has 1 aromatic carbocycles. The molecular formula is C15H18Cl2N2O. The van der Waals surface area contributed by atoms with Gasteiger partial charge in [-0.15, -0.1) is 0 Å². The van der Waals surface area contributed by atoms with Crippen LogP contribution in [0.5, 0.6) is 0 Å². The summed E-state index contributed by atoms with van der Waals surface area (Å²) in [5.41, 5.74) is 6.76. The second-order valence-corrected chi connectivity index (χ2v) is 6.72. The normalized spacial score (nSPS) is 33.4. The molecule has 1 amide bonds. The van der Waals surface area contributed by atoms with Gasteiger partial charge in [0.2, 0.25) is 5.91 Å². The molecular weight excluding hydrogens is 295 g/mol. The zero-order chi connectivity index (χ0) is 14.4. The molecule has 0 unspecified atom stereocenters. The number of carbonyl (C=O) groups is 1. The summed E-state index contributed by atoms with van der Waals surface area (Å²) in [4.78, 5) is 14.3. The van der Waals surface area contributed by atoms with Gasteiger partial charge in [0, 0.05) is 12.1 Å². The number of halogens is 2. The predicted molar refractivity (Wildman–Crippen MR) is 81.1 cm³/mol. The molecule has 0 radical (unpaired) electrons. The molecule has 0 saturated carbocycles. The summed E-state index contributed by atoms with van der Waals surface area (Å²) < 4.78 is 0. The molecule has 3 rings (SSSR count). The van der Waals surface area contributed by atoms with Gasteiger partial charge in [-0.2, -0.15) is 0 Å². The first-order chi connectivity index (χ1) is 9.49. The summed E-state index contributed by atoms with van der Waals surface area (Å²) in [5.74, 6) is -0.203. The lowest BCUT2D eigenvalue weighted by molar-refractivity contribution is -0.126. The highest BCUT2D eigenvalue weighted by molar-refractivity contribution is 6.42. The van der Waals surface area contributed by atoms with Crippen LogP contribution in [0.25, 0.3) is 0 Å². The molecule has 3 nitrogen and oxygen atoms in total. The largest absolute Gasteiger partial charge is 0.369 e. The number of fused-ring (bicyclic) bond motifs is 2. The Morgan fingerprint density at radius 1 is 1.30 bits per heavy atom. The molecule has 0 aromatic heterocycles. The Bertz CT molecular complexity index is 549. The van der Waals surface area contributed by atoms with Gasteiger partial charge >= 0.3 is 0 Å². The van der Waals surface area contributed by atoms with Crippen molar-refractivity contribution in [3.8, 4) is 0 Å². The Labute approximate surface area is 129 Å². The van der Waals surface area contributed by atoms with Crippen molar-refractivity contribution < 1.29 is 4.79 Å². The molecule has 2 N–H and O–H groups in total. The first-order valence-corrected chi connectivity index (χ1v) is 7.71. The van der Waals surface area contributed by atoms with Gasteiger partial charge in [-0.05, 0) is 49.9 Å². The van der Waals surface area contributed by atoms with Crippen LogP contribution in [0.15, 0.2) is 18.2 Å². The number of carbonyl (C=O) groups excluding carboxylic acids is 1. The second-order valence-electron chi connectivity index (χ2n) is 5.91. The summed E-state index contributed by atoms with van der Waals surface area (Å²) in [7, 11) is 2.10. The van der Waals surface area contributed by atoms with Gasteiger partial charge in [-0.3, -0.25) is 9.69 Å². The van der Waals surface area contributed by atoms with E-state index >= 15 is 0 Å². The first kappa shape index (κ1) is 14.2. The fourth-order valence-electron chi connectivity index (χ4n) is 3.94. The van der Waals surface area contributed by atoms with Crippen molar-refractivity contribution in [2.75, 3.05) is 7.05 Å². The number of rotatable bonds is 2. The van der Waals surface area contributed by atoms with E-state index in [9.17, 15) is 4.79 Å². The van der Waals surface area contributed by atoms with Crippen molar-refractivity contribution in [2.45, 2.75) is 37.3 Å². The van der Waals surface area contributed by atoms with Crippen LogP contribution in [-0.4, -0.2) is 29.9 Å². The molecule has 2 aliphatic rings. The maximum absolute atomic E-state index is 12.0. The number of primary amides is 1. The van der Waals surface area contributed by atoms with Crippen LogP contribution in [-0.2, 0) is 4.79 Å². The molecule has 2 aliphatic heterocycles. The molecule has 20 heavy (non-hydrogen) atoms. The average Bonchev–Trinajstić information content (AvgIpc) is 2.63. The standard InChI is InChI=1S/C15H18Cl2N2O/c1-19-9-3-5-13(19)14(15(18)20)10(7-9)8-2-4-11(16)12(17)6-8/h2,4,6,9-10,13-14H,3,5,7H2,1H3,(H2,18,20)/t9-,10+,13+,14+/m0/s1. The minimum Gasteiger partial charge on any atom is -0.369 e. The topological polar surface area (TPSA) is 46.3 Å². The summed E-state index contributed by atoms with van der Waals surface area (Å²) in [6.07, 6.45) is 3.15. The third kappa shape index (κ3) is 2.22. The van der Waals surface area contributed by atoms with Crippen LogP contribution in [0, 0.1) is 5.92 Å². The van der Waals surface area contributed by atoms with Gasteiger partial charge in [-0.25, -0.2) is 0 Å². The number of nitrogens with two attached hydrogens (primary N) is 1. The van der Waals surface area contributed by atoms with E-state index in [4.69, 9.17) is 28.9 Å². The zero-order valence-electron chi connectivity index (χ0n) is 11.4. The van der Waals surface area contributed by atoms with Crippen LogP contribution >= 0.6 is 23.2 Å². The van der Waals surface area contributed by atoms with E-state index in [1.165, 1.54) is 0 Å². The Morgan fingerprint density at radius 3 is 2.70 bits per heavy atom. The van der Waals surface area contributed by atoms with Gasteiger partial charge in [0.15, 0.2) is 0 Å². The fraction of sp³-hybridized carbons (Fsp3) is 0.533. The Hall–Kier alpha value is -0.770. The monoisotopic (exact) mass is 312 g/mol. The van der Waals surface area contributed by atoms with Gasteiger partial charge in [0.25, 0.3) is 0 Å². The van der Waals surface area contributed by atoms with E-state index < -0.39 is 0 Å². The van der Waals surface area contributed by atoms with E-state index in [0.717, 1.165) is 24.8 Å². The lowest BCUT2D eigenvalue weighted by Gasteiger charge is -2.41. The Balaban J connectivity index is 1.98. The van der Waals surface area contributed by atoms with Crippen LogP contribution in [0.1, 0.15) is 30.7 Å². The van der Waals surface area contributed by atoms with E-state index in [-0.39, 0.29) is 23.8 Å². The smallest absolute Gasteiger partial charge is 0.222 e. The van der Waals surface area contributed by atoms with Crippen molar-refractivity contribution in [2.24, 2.45) is 11.7 Å². The molecule has 0 aliphatic carbocycles. The molecule has 2 heterocycles. The SMILES string of the molecule is CN1[C@H]2CC[C@@H]1[C@H](C(N)=O)[C@@H](c1ccc(Cl)c(Cl)c1)C2. The van der Waals surface area contributed by atoms with Crippen LogP contribution in [0.2, 0.25) is 10.0 Å². The number of piperidine rings is 1. The van der Waals surface area contributed by atoms with E-state index in [0.29, 0.717) is 16.1 Å². The highest BCUT2D eigenvalue weighted by atomic mass is 35.5. The Morgan fingerprint density at radius 2 is 2.05 bits per heavy atom. The van der Waals surface area contributed by atoms with Gasteiger partial charge in [0.05, 0.1) is 16.0 Å². The second kappa shape index (κ2) is 5.21. The molecule has 0 spiro atoms. The minimum atomic E-state index is -0.210. The first-order valence-electron chi connectivity index (χ1n) is 6.95. The van der Waals surface area contributed by atoms with Crippen LogP contribution in [0.4, 0.5) is 0 Å². The van der Waals surface area contributed by atoms with Crippen molar-refractivity contribution in [3.63, 3.8) is 0 Å². The molecule has 1 aromatic rings. The molecule has 5 heteroatoms. The fourth-order valence-corrected chi connectivity index (χ4v) is 4.25. The molecule has 4 atom stereocenters. The lowest BCUT2D eigenvalue weighted by atomic mass is 9.76. The van der Waals surface area contributed by atoms with E-state index in [2.05, 4.69) is 11.9 Å². The van der Waals surface area contributed by atoms with Gasteiger partial charge < -0.3 is 5.73 Å². The summed E-state index contributed by atoms with van der Waals surface area (Å²) in [6.45, 7) is 0. The van der Waals surface area contributed by atoms with Gasteiger partial charge in [0.1, 0.15) is 0 Å². The lowest BCUT2D eigenvalue weighted by Crippen LogP contribution is -2.50. The van der Waals surface area contributed by atoms with Crippen molar-refractivity contribution in [1.82, 2.24) is 4.90 Å². The number of amides is 1. The zero-order valence-corrected chi connectivity index (χ0v) is 12.9. The number of benzene rings is 1. The Kier molecular flexibility index (Phi) is 3.69. The van der Waals surface area contributed by atoms with Crippen LogP contribution < -0.4 is 5.73 Å². The predicted octanol–water partition coefficient (Wildman–Crippen LogP) is 3.05.